The summed E-state index contributed by atoms with van der Waals surface area (Å²) in [6.45, 7) is 19.3. The average Bonchev–Trinajstić information content (AvgIpc) is 3.30. The smallest absolute Gasteiger partial charge is 0.102 e. The summed E-state index contributed by atoms with van der Waals surface area (Å²) in [5.41, 5.74) is 0. The van der Waals surface area contributed by atoms with Gasteiger partial charge in [-0.3, -0.25) is 0 Å². The lowest BCUT2D eigenvalue weighted by Gasteiger charge is -2.32. The molecule has 25 heavy (non-hydrogen) atoms. The van der Waals surface area contributed by atoms with E-state index in [9.17, 15) is 0 Å². The van der Waals surface area contributed by atoms with E-state index in [0.29, 0.717) is 26.4 Å². The zero-order valence-electron chi connectivity index (χ0n) is 16.8. The van der Waals surface area contributed by atoms with Crippen LogP contribution >= 0.6 is 0 Å². The summed E-state index contributed by atoms with van der Waals surface area (Å²) < 4.78 is 19.7. The van der Waals surface area contributed by atoms with Crippen LogP contribution in [0.1, 0.15) is 39.5 Å². The van der Waals surface area contributed by atoms with Gasteiger partial charge in [0, 0.05) is 25.7 Å². The number of hydrogen-bond acceptors (Lipinski definition) is 3. The molecule has 0 N–H and O–H groups in total. The van der Waals surface area contributed by atoms with Crippen LogP contribution in [0.15, 0.2) is 0 Å². The third kappa shape index (κ3) is 7.14. The fourth-order valence-corrected chi connectivity index (χ4v) is 4.47. The van der Waals surface area contributed by atoms with E-state index in [-0.39, 0.29) is 0 Å². The van der Waals surface area contributed by atoms with E-state index >= 15 is 0 Å². The molecule has 0 bridgehead atoms. The lowest BCUT2D eigenvalue weighted by atomic mass is 10.4. The first-order valence-corrected chi connectivity index (χ1v) is 10.7. The number of quaternary nitrogens is 2. The van der Waals surface area contributed by atoms with E-state index in [4.69, 9.17) is 14.2 Å². The van der Waals surface area contributed by atoms with Gasteiger partial charge in [-0.2, -0.15) is 0 Å². The molecule has 148 valence electrons. The molecule has 0 radical (unpaired) electrons. The third-order valence-corrected chi connectivity index (χ3v) is 6.54. The van der Waals surface area contributed by atoms with Crippen LogP contribution in [-0.4, -0.2) is 101 Å². The number of likely N-dealkylation sites (tertiary alicyclic amines) is 2. The molecule has 0 aromatic heterocycles. The highest BCUT2D eigenvalue weighted by molar-refractivity contribution is 4.54. The molecular weight excluding hydrogens is 316 g/mol. The van der Waals surface area contributed by atoms with Gasteiger partial charge < -0.3 is 23.2 Å². The largest absolute Gasteiger partial charge is 0.377 e. The molecule has 5 nitrogen and oxygen atoms in total. The Balaban J connectivity index is 1.36. The topological polar surface area (TPSA) is 27.7 Å². The van der Waals surface area contributed by atoms with Crippen LogP contribution in [0.2, 0.25) is 0 Å². The van der Waals surface area contributed by atoms with Gasteiger partial charge in [-0.05, 0) is 13.8 Å². The minimum atomic E-state index is 0.685. The zero-order chi connectivity index (χ0) is 17.8. The van der Waals surface area contributed by atoms with Crippen molar-refractivity contribution in [3.05, 3.63) is 0 Å². The van der Waals surface area contributed by atoms with Crippen LogP contribution in [0.5, 0.6) is 0 Å². The fraction of sp³-hybridized carbons (Fsp3) is 1.00. The van der Waals surface area contributed by atoms with Gasteiger partial charge in [0.15, 0.2) is 0 Å². The molecule has 0 aromatic carbocycles. The summed E-state index contributed by atoms with van der Waals surface area (Å²) in [7, 11) is 0. The highest BCUT2D eigenvalue weighted by Crippen LogP contribution is 2.19. The summed E-state index contributed by atoms with van der Waals surface area (Å²) in [6.07, 6.45) is 5.54. The standard InChI is InChI=1S/C20H42N2O3/c1-3-21(9-5-6-10-21)13-15-23-17-19-25-20-18-24-16-14-22(4-2)11-7-8-12-22/h3-20H2,1-2H3/q+2. The molecule has 0 atom stereocenters. The Morgan fingerprint density at radius 3 is 1.16 bits per heavy atom. The van der Waals surface area contributed by atoms with Crippen LogP contribution in [0.4, 0.5) is 0 Å². The fourth-order valence-electron chi connectivity index (χ4n) is 4.47. The molecule has 2 fully saturated rings. The summed E-state index contributed by atoms with van der Waals surface area (Å²) in [5, 5.41) is 0. The van der Waals surface area contributed by atoms with E-state index in [1.165, 1.54) is 73.9 Å². The van der Waals surface area contributed by atoms with Crippen molar-refractivity contribution in [2.45, 2.75) is 39.5 Å². The first-order chi connectivity index (χ1) is 12.2. The average molecular weight is 359 g/mol. The van der Waals surface area contributed by atoms with Gasteiger partial charge in [0.25, 0.3) is 0 Å². The van der Waals surface area contributed by atoms with Gasteiger partial charge in [0.1, 0.15) is 13.1 Å². The normalized spacial score (nSPS) is 21.8. The van der Waals surface area contributed by atoms with Crippen LogP contribution in [0.3, 0.4) is 0 Å². The number of ether oxygens (including phenoxy) is 3. The van der Waals surface area contributed by atoms with Crippen LogP contribution < -0.4 is 0 Å². The number of rotatable bonds is 14. The van der Waals surface area contributed by atoms with Crippen LogP contribution in [-0.2, 0) is 14.2 Å². The Hall–Kier alpha value is -0.200. The second kappa shape index (κ2) is 11.5. The first-order valence-electron chi connectivity index (χ1n) is 10.7. The Morgan fingerprint density at radius 1 is 0.520 bits per heavy atom. The molecule has 0 amide bonds. The minimum absolute atomic E-state index is 0.685. The van der Waals surface area contributed by atoms with Crippen molar-refractivity contribution in [2.24, 2.45) is 0 Å². The quantitative estimate of drug-likeness (QED) is 0.352. The van der Waals surface area contributed by atoms with Crippen molar-refractivity contribution >= 4 is 0 Å². The van der Waals surface area contributed by atoms with Crippen molar-refractivity contribution in [1.29, 1.82) is 0 Å². The van der Waals surface area contributed by atoms with Crippen LogP contribution in [0.25, 0.3) is 0 Å². The molecule has 0 aliphatic carbocycles. The number of nitrogens with zero attached hydrogens (tertiary/aromatic N) is 2. The first kappa shape index (κ1) is 21.1. The van der Waals surface area contributed by atoms with Gasteiger partial charge in [-0.15, -0.1) is 0 Å². The van der Waals surface area contributed by atoms with E-state index in [1.54, 1.807) is 0 Å². The van der Waals surface area contributed by atoms with Gasteiger partial charge in [-0.25, -0.2) is 0 Å². The summed E-state index contributed by atoms with van der Waals surface area (Å²) in [6, 6.07) is 0. The predicted molar refractivity (Wildman–Crippen MR) is 102 cm³/mol. The van der Waals surface area contributed by atoms with Gasteiger partial charge in [-0.1, -0.05) is 0 Å². The molecule has 2 heterocycles. The van der Waals surface area contributed by atoms with E-state index in [0.717, 1.165) is 26.3 Å². The highest BCUT2D eigenvalue weighted by Gasteiger charge is 2.30. The molecule has 2 rings (SSSR count). The van der Waals surface area contributed by atoms with Gasteiger partial charge >= 0.3 is 0 Å². The second-order valence-corrected chi connectivity index (χ2v) is 7.91. The number of likely N-dealkylation sites (N-methyl/N-ethyl adjacent to an activating group) is 2. The van der Waals surface area contributed by atoms with Gasteiger partial charge in [0.05, 0.1) is 78.9 Å². The SMILES string of the molecule is CC[N+]1(CCOCCOCCOCC[N+]2(CC)CCCC2)CCCC1. The lowest BCUT2D eigenvalue weighted by molar-refractivity contribution is -0.915. The monoisotopic (exact) mass is 358 g/mol. The van der Waals surface area contributed by atoms with Crippen molar-refractivity contribution < 1.29 is 23.2 Å². The maximum Gasteiger partial charge on any atom is 0.102 e. The Labute approximate surface area is 155 Å². The Morgan fingerprint density at radius 2 is 0.840 bits per heavy atom. The van der Waals surface area contributed by atoms with Crippen molar-refractivity contribution in [3.63, 3.8) is 0 Å². The minimum Gasteiger partial charge on any atom is -0.377 e. The maximum absolute atomic E-state index is 5.76. The van der Waals surface area contributed by atoms with Crippen molar-refractivity contribution in [2.75, 3.05) is 92.0 Å². The van der Waals surface area contributed by atoms with E-state index in [2.05, 4.69) is 13.8 Å². The third-order valence-electron chi connectivity index (χ3n) is 6.54. The summed E-state index contributed by atoms with van der Waals surface area (Å²) in [5.74, 6) is 0. The molecular formula is C20H42N2O3+2. The maximum atomic E-state index is 5.76. The Bertz CT molecular complexity index is 308. The van der Waals surface area contributed by atoms with Crippen LogP contribution in [0, 0.1) is 0 Å². The van der Waals surface area contributed by atoms with E-state index < -0.39 is 0 Å². The molecule has 0 saturated carbocycles. The summed E-state index contributed by atoms with van der Waals surface area (Å²) >= 11 is 0. The molecule has 0 unspecified atom stereocenters. The molecule has 5 heteroatoms. The lowest BCUT2D eigenvalue weighted by Crippen LogP contribution is -2.47. The van der Waals surface area contributed by atoms with E-state index in [1.807, 2.05) is 0 Å². The second-order valence-electron chi connectivity index (χ2n) is 7.91. The molecule has 2 aliphatic rings. The zero-order valence-corrected chi connectivity index (χ0v) is 16.8. The van der Waals surface area contributed by atoms with Crippen molar-refractivity contribution in [1.82, 2.24) is 0 Å². The molecule has 0 aromatic rings. The van der Waals surface area contributed by atoms with Gasteiger partial charge in [0.2, 0.25) is 0 Å². The predicted octanol–water partition coefficient (Wildman–Crippen LogP) is 2.30. The Kier molecular flexibility index (Phi) is 9.71. The number of hydrogen-bond donors (Lipinski definition) is 0. The molecule has 0 spiro atoms. The molecule has 2 aliphatic heterocycles. The molecule has 2 saturated heterocycles. The summed E-state index contributed by atoms with van der Waals surface area (Å²) in [4.78, 5) is 0. The highest BCUT2D eigenvalue weighted by atomic mass is 16.5. The van der Waals surface area contributed by atoms with Crippen molar-refractivity contribution in [3.8, 4) is 0 Å².